The van der Waals surface area contributed by atoms with Gasteiger partial charge in [-0.3, -0.25) is 0 Å². The van der Waals surface area contributed by atoms with Crippen LogP contribution in [0.1, 0.15) is 63.2 Å². The normalized spacial score (nSPS) is 18.0. The molecule has 1 aliphatic carbocycles. The number of nitrogens with zero attached hydrogens (tertiary/aromatic N) is 2. The summed E-state index contributed by atoms with van der Waals surface area (Å²) in [6.07, 6.45) is 8.48. The van der Waals surface area contributed by atoms with Gasteiger partial charge >= 0.3 is 0 Å². The van der Waals surface area contributed by atoms with Gasteiger partial charge in [0.25, 0.3) is 0 Å². The molecule has 0 amide bonds. The summed E-state index contributed by atoms with van der Waals surface area (Å²) in [4.78, 5) is 4.37. The van der Waals surface area contributed by atoms with Gasteiger partial charge in [0.1, 0.15) is 0 Å². The van der Waals surface area contributed by atoms with Gasteiger partial charge in [-0.15, -0.1) is 0 Å². The van der Waals surface area contributed by atoms with Crippen LogP contribution in [0.15, 0.2) is 4.52 Å². The van der Waals surface area contributed by atoms with E-state index < -0.39 is 0 Å². The third kappa shape index (κ3) is 4.58. The van der Waals surface area contributed by atoms with E-state index in [2.05, 4.69) is 17.1 Å². The highest BCUT2D eigenvalue weighted by Crippen LogP contribution is 2.28. The molecule has 2 N–H and O–H groups in total. The first kappa shape index (κ1) is 14.5. The molecule has 19 heavy (non-hydrogen) atoms. The third-order valence-corrected chi connectivity index (χ3v) is 3.70. The molecule has 108 valence electrons. The highest BCUT2D eigenvalue weighted by molar-refractivity contribution is 4.93. The summed E-state index contributed by atoms with van der Waals surface area (Å²) in [6, 6.07) is -0.282. The zero-order chi connectivity index (χ0) is 13.5. The van der Waals surface area contributed by atoms with Crippen LogP contribution in [-0.4, -0.2) is 23.4 Å². The number of ether oxygens (including phenoxy) is 1. The molecule has 0 saturated heterocycles. The first-order valence-electron chi connectivity index (χ1n) is 7.45. The molecule has 2 rings (SSSR count). The maximum atomic E-state index is 5.96. The second kappa shape index (κ2) is 7.60. The number of hydrogen-bond donors (Lipinski definition) is 1. The van der Waals surface area contributed by atoms with E-state index in [4.69, 9.17) is 15.0 Å². The van der Waals surface area contributed by atoms with Crippen LogP contribution < -0.4 is 5.73 Å². The molecule has 0 aromatic carbocycles. The summed E-state index contributed by atoms with van der Waals surface area (Å²) < 4.78 is 10.7. The quantitative estimate of drug-likeness (QED) is 0.733. The van der Waals surface area contributed by atoms with E-state index in [0.29, 0.717) is 18.3 Å². The van der Waals surface area contributed by atoms with E-state index >= 15 is 0 Å². The molecular formula is C14H25N3O2. The molecule has 1 atom stereocenters. The summed E-state index contributed by atoms with van der Waals surface area (Å²) in [7, 11) is 0. The Bertz CT molecular complexity index is 361. The van der Waals surface area contributed by atoms with Gasteiger partial charge in [-0.05, 0) is 18.8 Å². The van der Waals surface area contributed by atoms with Crippen LogP contribution in [-0.2, 0) is 11.2 Å². The summed E-state index contributed by atoms with van der Waals surface area (Å²) in [5.41, 5.74) is 5.96. The zero-order valence-electron chi connectivity index (χ0n) is 11.8. The molecule has 0 aliphatic heterocycles. The smallest absolute Gasteiger partial charge is 0.226 e. The van der Waals surface area contributed by atoms with Crippen molar-refractivity contribution in [1.82, 2.24) is 10.1 Å². The molecule has 5 nitrogen and oxygen atoms in total. The lowest BCUT2D eigenvalue weighted by molar-refractivity contribution is 0.119. The van der Waals surface area contributed by atoms with Crippen molar-refractivity contribution in [3.05, 3.63) is 11.7 Å². The summed E-state index contributed by atoms with van der Waals surface area (Å²) >= 11 is 0. The molecule has 1 saturated carbocycles. The van der Waals surface area contributed by atoms with E-state index in [-0.39, 0.29) is 6.04 Å². The fourth-order valence-electron chi connectivity index (χ4n) is 2.58. The number of aromatic nitrogens is 2. The first-order valence-corrected chi connectivity index (χ1v) is 7.45. The second-order valence-electron chi connectivity index (χ2n) is 5.42. The van der Waals surface area contributed by atoms with E-state index in [1.165, 1.54) is 25.7 Å². The van der Waals surface area contributed by atoms with Crippen LogP contribution in [0.2, 0.25) is 0 Å². The molecule has 0 radical (unpaired) electrons. The molecular weight excluding hydrogens is 242 g/mol. The molecule has 0 spiro atoms. The maximum Gasteiger partial charge on any atom is 0.226 e. The van der Waals surface area contributed by atoms with Crippen molar-refractivity contribution in [2.24, 2.45) is 11.7 Å². The molecule has 0 bridgehead atoms. The topological polar surface area (TPSA) is 74.2 Å². The van der Waals surface area contributed by atoms with Crippen LogP contribution >= 0.6 is 0 Å². The highest BCUT2D eigenvalue weighted by Gasteiger charge is 2.18. The Morgan fingerprint density at radius 3 is 2.95 bits per heavy atom. The van der Waals surface area contributed by atoms with Crippen molar-refractivity contribution in [3.63, 3.8) is 0 Å². The second-order valence-corrected chi connectivity index (χ2v) is 5.42. The van der Waals surface area contributed by atoms with Gasteiger partial charge in [0.05, 0.1) is 12.6 Å². The van der Waals surface area contributed by atoms with E-state index in [1.54, 1.807) is 0 Å². The zero-order valence-corrected chi connectivity index (χ0v) is 11.8. The Morgan fingerprint density at radius 1 is 1.42 bits per heavy atom. The Hall–Kier alpha value is -0.940. The Morgan fingerprint density at radius 2 is 2.21 bits per heavy atom. The van der Waals surface area contributed by atoms with Gasteiger partial charge in [-0.25, -0.2) is 0 Å². The van der Waals surface area contributed by atoms with E-state index in [9.17, 15) is 0 Å². The van der Waals surface area contributed by atoms with Gasteiger partial charge in [0.15, 0.2) is 5.82 Å². The fourth-order valence-corrected chi connectivity index (χ4v) is 2.58. The van der Waals surface area contributed by atoms with Gasteiger partial charge < -0.3 is 15.0 Å². The summed E-state index contributed by atoms with van der Waals surface area (Å²) in [5.74, 6) is 2.13. The average Bonchev–Trinajstić information content (AvgIpc) is 3.08. The highest BCUT2D eigenvalue weighted by atomic mass is 16.5. The Balaban J connectivity index is 1.74. The molecule has 1 aromatic heterocycles. The molecule has 1 fully saturated rings. The number of nitrogens with two attached hydrogens (primary N) is 1. The van der Waals surface area contributed by atoms with Crippen molar-refractivity contribution in [1.29, 1.82) is 0 Å². The SMILES string of the molecule is CCCOCC(N)c1noc(CCC2CCCC2)n1. The maximum absolute atomic E-state index is 5.96. The van der Waals surface area contributed by atoms with E-state index in [0.717, 1.165) is 31.8 Å². The van der Waals surface area contributed by atoms with Crippen molar-refractivity contribution in [3.8, 4) is 0 Å². The van der Waals surface area contributed by atoms with Gasteiger partial charge in [-0.2, -0.15) is 4.98 Å². The minimum Gasteiger partial charge on any atom is -0.379 e. The van der Waals surface area contributed by atoms with Crippen molar-refractivity contribution >= 4 is 0 Å². The number of rotatable bonds is 8. The van der Waals surface area contributed by atoms with Crippen LogP contribution in [0.5, 0.6) is 0 Å². The minimum absolute atomic E-state index is 0.282. The van der Waals surface area contributed by atoms with Crippen LogP contribution in [0.4, 0.5) is 0 Å². The monoisotopic (exact) mass is 267 g/mol. The first-order chi connectivity index (χ1) is 9.29. The largest absolute Gasteiger partial charge is 0.379 e. The van der Waals surface area contributed by atoms with Crippen LogP contribution in [0.3, 0.4) is 0 Å². The average molecular weight is 267 g/mol. The number of hydrogen-bond acceptors (Lipinski definition) is 5. The predicted molar refractivity (Wildman–Crippen MR) is 72.6 cm³/mol. The lowest BCUT2D eigenvalue weighted by Gasteiger charge is -2.07. The molecule has 5 heteroatoms. The lowest BCUT2D eigenvalue weighted by atomic mass is 10.0. The van der Waals surface area contributed by atoms with Crippen molar-refractivity contribution in [2.75, 3.05) is 13.2 Å². The van der Waals surface area contributed by atoms with Gasteiger partial charge in [-0.1, -0.05) is 37.8 Å². The van der Waals surface area contributed by atoms with Crippen molar-refractivity contribution < 1.29 is 9.26 Å². The van der Waals surface area contributed by atoms with Gasteiger partial charge in [0.2, 0.25) is 5.89 Å². The summed E-state index contributed by atoms with van der Waals surface area (Å²) in [6.45, 7) is 3.25. The molecule has 1 unspecified atom stereocenters. The fraction of sp³-hybridized carbons (Fsp3) is 0.857. The molecule has 1 aromatic rings. The standard InChI is InChI=1S/C14H25N3O2/c1-2-9-18-10-12(15)14-16-13(19-17-14)8-7-11-5-3-4-6-11/h11-12H,2-10,15H2,1H3. The van der Waals surface area contributed by atoms with Crippen molar-refractivity contribution in [2.45, 2.75) is 57.9 Å². The Kier molecular flexibility index (Phi) is 5.79. The van der Waals surface area contributed by atoms with E-state index in [1.807, 2.05) is 0 Å². The minimum atomic E-state index is -0.282. The number of aryl methyl sites for hydroxylation is 1. The predicted octanol–water partition coefficient (Wildman–Crippen LogP) is 2.62. The molecule has 1 aliphatic rings. The molecule has 1 heterocycles. The third-order valence-electron chi connectivity index (χ3n) is 3.70. The Labute approximate surface area is 114 Å². The summed E-state index contributed by atoms with van der Waals surface area (Å²) in [5, 5.41) is 3.95. The van der Waals surface area contributed by atoms with Crippen LogP contribution in [0, 0.1) is 5.92 Å². The van der Waals surface area contributed by atoms with Crippen LogP contribution in [0.25, 0.3) is 0 Å². The van der Waals surface area contributed by atoms with Gasteiger partial charge in [0, 0.05) is 13.0 Å². The lowest BCUT2D eigenvalue weighted by Crippen LogP contribution is -2.18.